The summed E-state index contributed by atoms with van der Waals surface area (Å²) in [6.45, 7) is -1.62. The Morgan fingerprint density at radius 2 is 1.78 bits per heavy atom. The van der Waals surface area contributed by atoms with Gasteiger partial charge in [0, 0.05) is 0 Å². The van der Waals surface area contributed by atoms with E-state index in [9.17, 15) is 13.6 Å². The summed E-state index contributed by atoms with van der Waals surface area (Å²) in [5.74, 6) is -0.273. The zero-order valence-corrected chi connectivity index (χ0v) is 4.73. The molecule has 1 aliphatic carbocycles. The van der Waals surface area contributed by atoms with Crippen LogP contribution in [0.5, 0.6) is 0 Å². The molecule has 0 aliphatic heterocycles. The van der Waals surface area contributed by atoms with E-state index in [2.05, 4.69) is 0 Å². The van der Waals surface area contributed by atoms with E-state index in [1.807, 2.05) is 0 Å². The summed E-state index contributed by atoms with van der Waals surface area (Å²) in [6.07, 6.45) is 2.15. The van der Waals surface area contributed by atoms with Crippen molar-refractivity contribution >= 4 is 5.78 Å². The lowest BCUT2D eigenvalue weighted by molar-refractivity contribution is -0.120. The largest absolute Gasteiger partial charge is 0.491 e. The van der Waals surface area contributed by atoms with E-state index in [0.29, 0.717) is 0 Å². The van der Waals surface area contributed by atoms with E-state index in [4.69, 9.17) is 0 Å². The summed E-state index contributed by atoms with van der Waals surface area (Å²) < 4.78 is 23.6. The standard InChI is InChI=1S/C6H6F2O/c7-3-6(4-8)1-5(9)2-6/h1-2H,3-4H2/q+2. The molecule has 0 unspecified atom stereocenters. The van der Waals surface area contributed by atoms with Gasteiger partial charge >= 0.3 is 11.2 Å². The summed E-state index contributed by atoms with van der Waals surface area (Å²) >= 11 is 0. The molecule has 0 amide bonds. The quantitative estimate of drug-likeness (QED) is 0.510. The lowest BCUT2D eigenvalue weighted by atomic mass is 9.70. The maximum Gasteiger partial charge on any atom is 0.491 e. The molecule has 3 heteroatoms. The molecule has 0 aromatic heterocycles. The molecule has 0 N–H and O–H groups in total. The fourth-order valence-corrected chi connectivity index (χ4v) is 0.744. The molecule has 0 spiro atoms. The molecule has 0 aromatic rings. The second-order valence-electron chi connectivity index (χ2n) is 2.19. The molecule has 0 aromatic carbocycles. The average Bonchev–Trinajstić information content (AvgIpc) is 1.81. The smallest absolute Gasteiger partial charge is 0.240 e. The van der Waals surface area contributed by atoms with Gasteiger partial charge in [0.1, 0.15) is 0 Å². The Labute approximate surface area is 52.1 Å². The van der Waals surface area contributed by atoms with Gasteiger partial charge < -0.3 is 0 Å². The molecule has 1 saturated carbocycles. The van der Waals surface area contributed by atoms with Crippen LogP contribution in [0.4, 0.5) is 8.78 Å². The van der Waals surface area contributed by atoms with Gasteiger partial charge in [-0.05, 0) is 0 Å². The minimum Gasteiger partial charge on any atom is -0.240 e. The summed E-state index contributed by atoms with van der Waals surface area (Å²) in [6, 6.07) is 0. The average molecular weight is 132 g/mol. The van der Waals surface area contributed by atoms with Gasteiger partial charge in [0.05, 0.1) is 0 Å². The zero-order valence-electron chi connectivity index (χ0n) is 4.73. The number of hydrogen-bond acceptors (Lipinski definition) is 1. The zero-order chi connectivity index (χ0) is 6.91. The van der Waals surface area contributed by atoms with Crippen LogP contribution in [0.25, 0.3) is 0 Å². The van der Waals surface area contributed by atoms with Crippen LogP contribution in [0.3, 0.4) is 0 Å². The monoisotopic (exact) mass is 132 g/mol. The van der Waals surface area contributed by atoms with Crippen LogP contribution in [0.15, 0.2) is 0 Å². The maximum atomic E-state index is 11.8. The van der Waals surface area contributed by atoms with E-state index in [1.165, 1.54) is 0 Å². The molecular weight excluding hydrogens is 126 g/mol. The molecule has 1 fully saturated rings. The van der Waals surface area contributed by atoms with Crippen molar-refractivity contribution < 1.29 is 13.6 Å². The lowest BCUT2D eigenvalue weighted by Crippen LogP contribution is -2.43. The van der Waals surface area contributed by atoms with Gasteiger partial charge in [0.15, 0.2) is 13.3 Å². The molecule has 1 rings (SSSR count). The minimum absolute atomic E-state index is 0.273. The molecule has 0 saturated heterocycles. The normalized spacial score (nSPS) is 21.8. The van der Waals surface area contributed by atoms with E-state index in [-0.39, 0.29) is 5.78 Å². The van der Waals surface area contributed by atoms with Gasteiger partial charge in [-0.25, -0.2) is 8.78 Å². The van der Waals surface area contributed by atoms with E-state index >= 15 is 0 Å². The maximum absolute atomic E-state index is 11.8. The summed E-state index contributed by atoms with van der Waals surface area (Å²) in [4.78, 5) is 10.2. The number of carbonyl (C=O) groups is 1. The molecule has 0 bridgehead atoms. The van der Waals surface area contributed by atoms with Crippen molar-refractivity contribution in [3.63, 3.8) is 0 Å². The molecule has 9 heavy (non-hydrogen) atoms. The third kappa shape index (κ3) is 0.866. The summed E-state index contributed by atoms with van der Waals surface area (Å²) in [7, 11) is 0. The van der Waals surface area contributed by atoms with E-state index < -0.39 is 18.8 Å². The predicted molar refractivity (Wildman–Crippen MR) is 28.0 cm³/mol. The summed E-state index contributed by atoms with van der Waals surface area (Å²) in [5.41, 5.74) is -1.16. The molecule has 0 heterocycles. The Kier molecular flexibility index (Phi) is 1.35. The number of carbonyl (C=O) groups excluding carboxylic acids is 1. The first-order chi connectivity index (χ1) is 4.22. The van der Waals surface area contributed by atoms with Crippen LogP contribution < -0.4 is 0 Å². The number of ketones is 1. The Morgan fingerprint density at radius 1 is 1.33 bits per heavy atom. The van der Waals surface area contributed by atoms with Gasteiger partial charge in [0.2, 0.25) is 0 Å². The van der Waals surface area contributed by atoms with Crippen molar-refractivity contribution in [3.05, 3.63) is 12.8 Å². The Bertz CT molecular complexity index is 119. The van der Waals surface area contributed by atoms with Crippen LogP contribution in [0.2, 0.25) is 0 Å². The summed E-state index contributed by atoms with van der Waals surface area (Å²) in [5, 5.41) is 0. The number of alkyl halides is 2. The second kappa shape index (κ2) is 1.90. The van der Waals surface area contributed by atoms with E-state index in [1.54, 1.807) is 0 Å². The van der Waals surface area contributed by atoms with Gasteiger partial charge in [0.25, 0.3) is 12.8 Å². The third-order valence-electron chi connectivity index (χ3n) is 1.36. The SMILES string of the molecule is O=C1[CH+]C(CF)(CF)[CH+]1. The minimum atomic E-state index is -1.16. The fraction of sp³-hybridized carbons (Fsp3) is 0.500. The molecular formula is C6H6F2O+2. The Hall–Kier alpha value is -0.730. The molecule has 0 radical (unpaired) electrons. The van der Waals surface area contributed by atoms with Crippen molar-refractivity contribution in [2.24, 2.45) is 5.41 Å². The Morgan fingerprint density at radius 3 is 1.89 bits per heavy atom. The highest BCUT2D eigenvalue weighted by atomic mass is 19.1. The highest BCUT2D eigenvalue weighted by Gasteiger charge is 2.67. The predicted octanol–water partition coefficient (Wildman–Crippen LogP) is 0.903. The number of rotatable bonds is 2. The van der Waals surface area contributed by atoms with Gasteiger partial charge in [-0.15, -0.1) is 0 Å². The number of halogens is 2. The van der Waals surface area contributed by atoms with Crippen molar-refractivity contribution in [1.29, 1.82) is 0 Å². The molecule has 0 atom stereocenters. The van der Waals surface area contributed by atoms with Gasteiger partial charge in [-0.2, -0.15) is 4.79 Å². The first-order valence-corrected chi connectivity index (χ1v) is 2.60. The third-order valence-corrected chi connectivity index (χ3v) is 1.36. The van der Waals surface area contributed by atoms with Crippen molar-refractivity contribution in [1.82, 2.24) is 0 Å². The fourth-order valence-electron chi connectivity index (χ4n) is 0.744. The highest BCUT2D eigenvalue weighted by Crippen LogP contribution is 2.36. The van der Waals surface area contributed by atoms with Gasteiger partial charge in [-0.1, -0.05) is 0 Å². The van der Waals surface area contributed by atoms with Gasteiger partial charge in [-0.3, -0.25) is 0 Å². The van der Waals surface area contributed by atoms with E-state index in [0.717, 1.165) is 12.8 Å². The van der Waals surface area contributed by atoms with Crippen molar-refractivity contribution in [2.75, 3.05) is 13.3 Å². The lowest BCUT2D eigenvalue weighted by Gasteiger charge is -2.12. The van der Waals surface area contributed by atoms with Crippen molar-refractivity contribution in [3.8, 4) is 0 Å². The van der Waals surface area contributed by atoms with Crippen LogP contribution >= 0.6 is 0 Å². The Balaban J connectivity index is 2.44. The first kappa shape index (κ1) is 6.39. The van der Waals surface area contributed by atoms with Crippen molar-refractivity contribution in [2.45, 2.75) is 0 Å². The number of Topliss-reactive ketones (excluding diaryl/α,β-unsaturated/α-hetero) is 1. The second-order valence-corrected chi connectivity index (χ2v) is 2.19. The number of hydrogen-bond donors (Lipinski definition) is 0. The first-order valence-electron chi connectivity index (χ1n) is 2.60. The van der Waals surface area contributed by atoms with Crippen LogP contribution in [-0.4, -0.2) is 19.1 Å². The van der Waals surface area contributed by atoms with Crippen LogP contribution in [0.1, 0.15) is 0 Å². The topological polar surface area (TPSA) is 17.1 Å². The van der Waals surface area contributed by atoms with Crippen LogP contribution in [0, 0.1) is 18.3 Å². The highest BCUT2D eigenvalue weighted by molar-refractivity contribution is 6.04. The molecule has 48 valence electrons. The molecule has 1 aliphatic rings. The van der Waals surface area contributed by atoms with Crippen LogP contribution in [-0.2, 0) is 4.79 Å². The molecule has 1 nitrogen and oxygen atoms in total.